The van der Waals surface area contributed by atoms with Gasteiger partial charge in [-0.2, -0.15) is 5.26 Å². The molecule has 0 fully saturated rings. The molecule has 2 aromatic carbocycles. The number of benzene rings is 2. The van der Waals surface area contributed by atoms with Crippen molar-refractivity contribution in [1.82, 2.24) is 0 Å². The fourth-order valence-corrected chi connectivity index (χ4v) is 2.87. The Balaban J connectivity index is 0.00000161. The van der Waals surface area contributed by atoms with Crippen LogP contribution in [0.25, 0.3) is 0 Å². The summed E-state index contributed by atoms with van der Waals surface area (Å²) in [5.41, 5.74) is 5.45. The molecule has 0 spiro atoms. The van der Waals surface area contributed by atoms with Crippen molar-refractivity contribution in [3.8, 4) is 6.07 Å². The number of aryl methyl sites for hydroxylation is 1. The Labute approximate surface area is 151 Å². The van der Waals surface area contributed by atoms with Crippen molar-refractivity contribution < 1.29 is 32.7 Å². The molecule has 1 aliphatic heterocycles. The van der Waals surface area contributed by atoms with Crippen LogP contribution >= 0.6 is 0 Å². The average molecular weight is 352 g/mol. The zero-order valence-corrected chi connectivity index (χ0v) is 15.4. The molecule has 0 bridgehead atoms. The van der Waals surface area contributed by atoms with Gasteiger partial charge in [-0.25, -0.2) is 0 Å². The Bertz CT molecular complexity index is 705. The van der Waals surface area contributed by atoms with Gasteiger partial charge >= 0.3 is 0 Å². The number of hydrogen-bond donors (Lipinski definition) is 0. The molecule has 4 heteroatoms. The minimum absolute atomic E-state index is 0. The first-order chi connectivity index (χ1) is 9.63. The number of hydrogen-bond acceptors (Lipinski definition) is 3. The third kappa shape index (κ3) is 2.59. The molecular formula is C17H17N3Y. The Morgan fingerprint density at radius 2 is 1.71 bits per heavy atom. The van der Waals surface area contributed by atoms with Gasteiger partial charge in [0.1, 0.15) is 6.17 Å². The van der Waals surface area contributed by atoms with E-state index in [0.717, 1.165) is 11.3 Å². The summed E-state index contributed by atoms with van der Waals surface area (Å²) in [6, 6.07) is 16.5. The first-order valence-corrected chi connectivity index (χ1v) is 6.75. The van der Waals surface area contributed by atoms with Gasteiger partial charge < -0.3 is 9.80 Å². The van der Waals surface area contributed by atoms with E-state index in [1.165, 1.54) is 11.4 Å². The quantitative estimate of drug-likeness (QED) is 0.782. The van der Waals surface area contributed by atoms with Crippen LogP contribution in [-0.2, 0) is 32.7 Å². The van der Waals surface area contributed by atoms with Crippen LogP contribution in [0.5, 0.6) is 0 Å². The molecule has 2 aromatic rings. The number of nitrogens with zero attached hydrogens (tertiary/aromatic N) is 3. The smallest absolute Gasteiger partial charge is 0.103 e. The molecule has 0 saturated carbocycles. The fourth-order valence-electron chi connectivity index (χ4n) is 2.87. The molecule has 1 heterocycles. The molecule has 21 heavy (non-hydrogen) atoms. The van der Waals surface area contributed by atoms with Gasteiger partial charge in [-0.15, -0.1) is 0 Å². The van der Waals surface area contributed by atoms with Crippen molar-refractivity contribution in [1.29, 1.82) is 5.26 Å². The van der Waals surface area contributed by atoms with Crippen LogP contribution in [-0.4, -0.2) is 13.2 Å². The van der Waals surface area contributed by atoms with E-state index in [2.05, 4.69) is 61.0 Å². The van der Waals surface area contributed by atoms with Crippen LogP contribution in [0.2, 0.25) is 0 Å². The zero-order valence-electron chi connectivity index (χ0n) is 12.5. The monoisotopic (exact) mass is 352 g/mol. The van der Waals surface area contributed by atoms with Crippen molar-refractivity contribution in [2.24, 2.45) is 0 Å². The fraction of sp³-hybridized carbons (Fsp3) is 0.235. The Morgan fingerprint density at radius 3 is 2.33 bits per heavy atom. The Morgan fingerprint density at radius 1 is 1.05 bits per heavy atom. The second-order valence-electron chi connectivity index (χ2n) is 5.21. The van der Waals surface area contributed by atoms with Crippen LogP contribution in [0.15, 0.2) is 42.5 Å². The van der Waals surface area contributed by atoms with Gasteiger partial charge in [0.25, 0.3) is 0 Å². The molecule has 1 atom stereocenters. The van der Waals surface area contributed by atoms with Crippen LogP contribution in [0.1, 0.15) is 18.1 Å². The molecule has 1 aliphatic rings. The van der Waals surface area contributed by atoms with Gasteiger partial charge in [0.05, 0.1) is 23.0 Å². The van der Waals surface area contributed by atoms with E-state index in [9.17, 15) is 0 Å². The van der Waals surface area contributed by atoms with Crippen molar-refractivity contribution >= 4 is 17.1 Å². The van der Waals surface area contributed by atoms with E-state index >= 15 is 0 Å². The molecule has 0 amide bonds. The molecule has 3 nitrogen and oxygen atoms in total. The van der Waals surface area contributed by atoms with Crippen LogP contribution in [0, 0.1) is 18.3 Å². The maximum atomic E-state index is 9.00. The van der Waals surface area contributed by atoms with Crippen LogP contribution < -0.4 is 9.80 Å². The predicted molar refractivity (Wildman–Crippen MR) is 82.3 cm³/mol. The van der Waals surface area contributed by atoms with Gasteiger partial charge in [-0.1, -0.05) is 12.1 Å². The summed E-state index contributed by atoms with van der Waals surface area (Å²) in [5.74, 6) is 0. The number of nitriles is 1. The first kappa shape index (κ1) is 16.0. The topological polar surface area (TPSA) is 30.3 Å². The minimum Gasteiger partial charge on any atom is -0.353 e. The maximum Gasteiger partial charge on any atom is 0.103 e. The predicted octanol–water partition coefficient (Wildman–Crippen LogP) is 3.80. The standard InChI is InChI=1S/C17H17N3.Y/c1-12-10-14(11-18)8-9-15(12)20-13(2)19(3)16-6-4-5-7-17(16)20;/h4-10,13H,1-3H3;. The molecule has 1 radical (unpaired) electrons. The van der Waals surface area contributed by atoms with E-state index in [4.69, 9.17) is 5.26 Å². The number of fused-ring (bicyclic) bond motifs is 1. The van der Waals surface area contributed by atoms with Gasteiger partial charge in [0.15, 0.2) is 0 Å². The van der Waals surface area contributed by atoms with E-state index in [-0.39, 0.29) is 38.9 Å². The Kier molecular flexibility index (Phi) is 4.71. The molecule has 103 valence electrons. The second kappa shape index (κ2) is 6.17. The van der Waals surface area contributed by atoms with E-state index in [0.29, 0.717) is 5.56 Å². The zero-order chi connectivity index (χ0) is 14.3. The summed E-state index contributed by atoms with van der Waals surface area (Å²) in [4.78, 5) is 4.60. The van der Waals surface area contributed by atoms with Crippen LogP contribution in [0.3, 0.4) is 0 Å². The van der Waals surface area contributed by atoms with Crippen molar-refractivity contribution in [3.63, 3.8) is 0 Å². The SMILES string of the molecule is Cc1cc(C#N)ccc1N1c2ccccc2N(C)C1C.[Y]. The number of rotatable bonds is 1. The van der Waals surface area contributed by atoms with E-state index < -0.39 is 0 Å². The Hall–Kier alpha value is -1.37. The van der Waals surface area contributed by atoms with Crippen molar-refractivity contribution in [2.75, 3.05) is 16.8 Å². The summed E-state index contributed by atoms with van der Waals surface area (Å²) in [7, 11) is 2.11. The molecular weight excluding hydrogens is 335 g/mol. The number of para-hydroxylation sites is 2. The molecule has 0 saturated heterocycles. The second-order valence-corrected chi connectivity index (χ2v) is 5.21. The molecule has 1 unspecified atom stereocenters. The van der Waals surface area contributed by atoms with Crippen molar-refractivity contribution in [2.45, 2.75) is 20.0 Å². The molecule has 0 N–H and O–H groups in total. The average Bonchev–Trinajstić information content (AvgIpc) is 2.72. The maximum absolute atomic E-state index is 9.00. The third-order valence-corrected chi connectivity index (χ3v) is 4.04. The van der Waals surface area contributed by atoms with Crippen molar-refractivity contribution in [3.05, 3.63) is 53.6 Å². The third-order valence-electron chi connectivity index (χ3n) is 4.04. The molecule has 0 aliphatic carbocycles. The summed E-state index contributed by atoms with van der Waals surface area (Å²) >= 11 is 0. The summed E-state index contributed by atoms with van der Waals surface area (Å²) in [5, 5.41) is 9.00. The van der Waals surface area contributed by atoms with Gasteiger partial charge in [-0.05, 0) is 49.7 Å². The molecule has 0 aromatic heterocycles. The normalized spacial score (nSPS) is 16.2. The summed E-state index contributed by atoms with van der Waals surface area (Å²) in [6.07, 6.45) is 0.263. The van der Waals surface area contributed by atoms with E-state index in [1.807, 2.05) is 18.2 Å². The first-order valence-electron chi connectivity index (χ1n) is 6.75. The summed E-state index contributed by atoms with van der Waals surface area (Å²) in [6.45, 7) is 4.25. The summed E-state index contributed by atoms with van der Waals surface area (Å²) < 4.78 is 0. The largest absolute Gasteiger partial charge is 0.353 e. The van der Waals surface area contributed by atoms with Gasteiger partial charge in [0.2, 0.25) is 0 Å². The molecule has 3 rings (SSSR count). The van der Waals surface area contributed by atoms with Gasteiger partial charge in [0, 0.05) is 45.4 Å². The van der Waals surface area contributed by atoms with E-state index in [1.54, 1.807) is 0 Å². The van der Waals surface area contributed by atoms with Gasteiger partial charge in [-0.3, -0.25) is 0 Å². The van der Waals surface area contributed by atoms with Crippen LogP contribution in [0.4, 0.5) is 17.1 Å². The number of anilines is 3. The minimum atomic E-state index is 0.